The SMILES string of the molecule is O=c1[nH]cnc(Nc2cc(C(F)(F)F)ccc2Cl)c1I. The predicted octanol–water partition coefficient (Wildman–Crippen LogP) is 3.79. The van der Waals surface area contributed by atoms with Crippen molar-refractivity contribution in [2.24, 2.45) is 0 Å². The van der Waals surface area contributed by atoms with Gasteiger partial charge in [0.15, 0.2) is 5.82 Å². The van der Waals surface area contributed by atoms with Gasteiger partial charge in [0.1, 0.15) is 3.57 Å². The van der Waals surface area contributed by atoms with Gasteiger partial charge in [-0.05, 0) is 40.8 Å². The fourth-order valence-corrected chi connectivity index (χ4v) is 1.99. The number of alkyl halides is 3. The van der Waals surface area contributed by atoms with Gasteiger partial charge in [0.25, 0.3) is 5.56 Å². The van der Waals surface area contributed by atoms with Gasteiger partial charge in [-0.25, -0.2) is 4.98 Å². The molecule has 0 aliphatic heterocycles. The number of rotatable bonds is 2. The molecular formula is C11H6ClF3IN3O. The predicted molar refractivity (Wildman–Crippen MR) is 77.3 cm³/mol. The highest BCUT2D eigenvalue weighted by Gasteiger charge is 2.31. The normalized spacial score (nSPS) is 11.4. The molecule has 0 atom stereocenters. The van der Waals surface area contributed by atoms with Gasteiger partial charge in [0.2, 0.25) is 0 Å². The van der Waals surface area contributed by atoms with Crippen molar-refractivity contribution in [1.29, 1.82) is 0 Å². The molecule has 1 heterocycles. The Morgan fingerprint density at radius 2 is 2.05 bits per heavy atom. The molecule has 0 fully saturated rings. The highest BCUT2D eigenvalue weighted by Crippen LogP contribution is 2.34. The third-order valence-electron chi connectivity index (χ3n) is 2.34. The first-order valence-electron chi connectivity index (χ1n) is 5.16. The average Bonchev–Trinajstić information content (AvgIpc) is 2.36. The summed E-state index contributed by atoms with van der Waals surface area (Å²) >= 11 is 7.58. The molecule has 0 bridgehead atoms. The van der Waals surface area contributed by atoms with Crippen molar-refractivity contribution in [2.45, 2.75) is 6.18 Å². The Bertz CT molecular complexity index is 702. The second-order valence-electron chi connectivity index (χ2n) is 3.71. The lowest BCUT2D eigenvalue weighted by Gasteiger charge is -2.12. The van der Waals surface area contributed by atoms with Crippen molar-refractivity contribution in [2.75, 3.05) is 5.32 Å². The maximum atomic E-state index is 12.6. The van der Waals surface area contributed by atoms with Crippen molar-refractivity contribution >= 4 is 45.7 Å². The minimum atomic E-state index is -4.48. The molecule has 1 aromatic carbocycles. The van der Waals surface area contributed by atoms with E-state index in [0.29, 0.717) is 0 Å². The van der Waals surface area contributed by atoms with E-state index < -0.39 is 17.3 Å². The zero-order valence-corrected chi connectivity index (χ0v) is 12.5. The summed E-state index contributed by atoms with van der Waals surface area (Å²) in [6.07, 6.45) is -3.33. The number of halogens is 5. The van der Waals surface area contributed by atoms with E-state index >= 15 is 0 Å². The van der Waals surface area contributed by atoms with Gasteiger partial charge in [0.05, 0.1) is 22.6 Å². The summed E-state index contributed by atoms with van der Waals surface area (Å²) in [6.45, 7) is 0. The Labute approximate surface area is 129 Å². The Morgan fingerprint density at radius 1 is 1.35 bits per heavy atom. The van der Waals surface area contributed by atoms with Crippen LogP contribution in [0.1, 0.15) is 5.56 Å². The molecule has 2 rings (SSSR count). The topological polar surface area (TPSA) is 57.8 Å². The number of hydrogen-bond acceptors (Lipinski definition) is 3. The molecular weight excluding hydrogens is 409 g/mol. The van der Waals surface area contributed by atoms with Crippen molar-refractivity contribution in [3.8, 4) is 0 Å². The van der Waals surface area contributed by atoms with Crippen LogP contribution in [0.2, 0.25) is 5.02 Å². The fraction of sp³-hybridized carbons (Fsp3) is 0.0909. The number of H-pyrrole nitrogens is 1. The first-order chi connectivity index (χ1) is 9.29. The summed E-state index contributed by atoms with van der Waals surface area (Å²) in [7, 11) is 0. The highest BCUT2D eigenvalue weighted by atomic mass is 127. The second kappa shape index (κ2) is 5.60. The molecule has 20 heavy (non-hydrogen) atoms. The van der Waals surface area contributed by atoms with Gasteiger partial charge < -0.3 is 10.3 Å². The number of nitrogens with zero attached hydrogens (tertiary/aromatic N) is 1. The minimum absolute atomic E-state index is 0.0255. The van der Waals surface area contributed by atoms with Crippen molar-refractivity contribution < 1.29 is 13.2 Å². The van der Waals surface area contributed by atoms with Crippen molar-refractivity contribution in [3.05, 3.63) is 49.0 Å². The van der Waals surface area contributed by atoms with Crippen molar-refractivity contribution in [3.63, 3.8) is 0 Å². The van der Waals surface area contributed by atoms with Crippen LogP contribution in [0.15, 0.2) is 29.3 Å². The maximum absolute atomic E-state index is 12.6. The Hall–Kier alpha value is -1.29. The third-order valence-corrected chi connectivity index (χ3v) is 3.67. The first-order valence-corrected chi connectivity index (χ1v) is 6.61. The molecule has 2 N–H and O–H groups in total. The molecule has 1 aromatic heterocycles. The van der Waals surface area contributed by atoms with Crippen LogP contribution in [0.5, 0.6) is 0 Å². The molecule has 9 heteroatoms. The molecule has 0 aliphatic rings. The number of anilines is 2. The van der Waals surface area contributed by atoms with Crippen molar-refractivity contribution in [1.82, 2.24) is 9.97 Å². The smallest absolute Gasteiger partial charge is 0.338 e. The Balaban J connectivity index is 2.43. The van der Waals surface area contributed by atoms with Gasteiger partial charge in [-0.15, -0.1) is 0 Å². The molecule has 0 spiro atoms. The van der Waals surface area contributed by atoms with Crippen LogP contribution in [0.4, 0.5) is 24.7 Å². The van der Waals surface area contributed by atoms with E-state index in [-0.39, 0.29) is 20.1 Å². The van der Waals surface area contributed by atoms with Crippen LogP contribution in [0.3, 0.4) is 0 Å². The van der Waals surface area contributed by atoms with Crippen LogP contribution < -0.4 is 10.9 Å². The molecule has 0 saturated carbocycles. The number of aromatic amines is 1. The quantitative estimate of drug-likeness (QED) is 0.734. The summed E-state index contributed by atoms with van der Waals surface area (Å²) in [5.41, 5.74) is -1.21. The van der Waals surface area contributed by atoms with E-state index in [4.69, 9.17) is 11.6 Å². The largest absolute Gasteiger partial charge is 0.416 e. The van der Waals surface area contributed by atoms with Gasteiger partial charge in [0, 0.05) is 0 Å². The minimum Gasteiger partial charge on any atom is -0.338 e. The molecule has 106 valence electrons. The molecule has 0 radical (unpaired) electrons. The Morgan fingerprint density at radius 3 is 2.70 bits per heavy atom. The lowest BCUT2D eigenvalue weighted by atomic mass is 10.2. The van der Waals surface area contributed by atoms with Crippen LogP contribution in [0, 0.1) is 3.57 Å². The lowest BCUT2D eigenvalue weighted by Crippen LogP contribution is -2.13. The van der Waals surface area contributed by atoms with E-state index in [2.05, 4.69) is 15.3 Å². The number of benzene rings is 1. The molecule has 0 amide bonds. The molecule has 0 aliphatic carbocycles. The zero-order chi connectivity index (χ0) is 14.9. The third kappa shape index (κ3) is 3.23. The number of nitrogens with one attached hydrogen (secondary N) is 2. The van der Waals surface area contributed by atoms with Gasteiger partial charge in [-0.3, -0.25) is 4.79 Å². The van der Waals surface area contributed by atoms with E-state index in [1.807, 2.05) is 0 Å². The maximum Gasteiger partial charge on any atom is 0.416 e. The molecule has 4 nitrogen and oxygen atoms in total. The van der Waals surface area contributed by atoms with Crippen LogP contribution >= 0.6 is 34.2 Å². The summed E-state index contributed by atoms with van der Waals surface area (Å²) in [5.74, 6) is 0.135. The molecule has 0 saturated heterocycles. The fourth-order valence-electron chi connectivity index (χ4n) is 1.40. The summed E-state index contributed by atoms with van der Waals surface area (Å²) in [4.78, 5) is 17.6. The summed E-state index contributed by atoms with van der Waals surface area (Å²) < 4.78 is 38.1. The number of aromatic nitrogens is 2. The highest BCUT2D eigenvalue weighted by molar-refractivity contribution is 14.1. The first kappa shape index (κ1) is 15.1. The Kier molecular flexibility index (Phi) is 4.23. The summed E-state index contributed by atoms with van der Waals surface area (Å²) in [6, 6.07) is 2.87. The lowest BCUT2D eigenvalue weighted by molar-refractivity contribution is -0.137. The van der Waals surface area contributed by atoms with Crippen LogP contribution in [-0.2, 0) is 6.18 Å². The molecule has 0 unspecified atom stereocenters. The summed E-state index contributed by atoms with van der Waals surface area (Å²) in [5, 5.41) is 2.72. The van der Waals surface area contributed by atoms with Crippen LogP contribution in [-0.4, -0.2) is 9.97 Å². The van der Waals surface area contributed by atoms with E-state index in [1.54, 1.807) is 22.6 Å². The standard InChI is InChI=1S/C11H6ClF3IN3O/c12-6-2-1-5(11(13,14)15)3-7(6)19-9-8(16)10(20)18-4-17-9/h1-4H,(H2,17,18,19,20). The molecule has 2 aromatic rings. The second-order valence-corrected chi connectivity index (χ2v) is 5.20. The van der Waals surface area contributed by atoms with Crippen LogP contribution in [0.25, 0.3) is 0 Å². The van der Waals surface area contributed by atoms with E-state index in [0.717, 1.165) is 24.5 Å². The van der Waals surface area contributed by atoms with Gasteiger partial charge >= 0.3 is 6.18 Å². The van der Waals surface area contributed by atoms with E-state index in [1.165, 1.54) is 0 Å². The monoisotopic (exact) mass is 415 g/mol. The zero-order valence-electron chi connectivity index (χ0n) is 9.55. The average molecular weight is 416 g/mol. The van der Waals surface area contributed by atoms with E-state index in [9.17, 15) is 18.0 Å². The van der Waals surface area contributed by atoms with Gasteiger partial charge in [-0.1, -0.05) is 11.6 Å². The number of hydrogen-bond donors (Lipinski definition) is 2. The van der Waals surface area contributed by atoms with Gasteiger partial charge in [-0.2, -0.15) is 13.2 Å².